The number of rotatable bonds is 11. The minimum Gasteiger partial charge on any atom is -0.396 e. The van der Waals surface area contributed by atoms with Gasteiger partial charge in [-0.15, -0.1) is 0 Å². The summed E-state index contributed by atoms with van der Waals surface area (Å²) in [4.78, 5) is 4.57. The summed E-state index contributed by atoms with van der Waals surface area (Å²) >= 11 is 0. The molecule has 0 spiro atoms. The van der Waals surface area contributed by atoms with Gasteiger partial charge in [-0.2, -0.15) is 0 Å². The maximum Gasteiger partial charge on any atom is 0.0462 e. The van der Waals surface area contributed by atoms with Crippen molar-refractivity contribution in [1.29, 1.82) is 0 Å². The molecule has 1 N–H and O–H groups in total. The Hall–Kier alpha value is -5.12. The van der Waals surface area contributed by atoms with Crippen molar-refractivity contribution in [3.8, 4) is 11.1 Å². The molecule has 0 aliphatic heterocycles. The van der Waals surface area contributed by atoms with E-state index in [1.54, 1.807) is 0 Å². The van der Waals surface area contributed by atoms with E-state index < -0.39 is 0 Å². The summed E-state index contributed by atoms with van der Waals surface area (Å²) in [5.41, 5.74) is 10.4. The Morgan fingerprint density at radius 3 is 1.02 bits per heavy atom. The molecule has 0 aliphatic carbocycles. The molecule has 0 unspecified atom stereocenters. The predicted octanol–water partition coefficient (Wildman–Crippen LogP) is 10.6. The highest BCUT2D eigenvalue weighted by Gasteiger charge is 2.14. The Kier molecular flexibility index (Phi) is 8.92. The van der Waals surface area contributed by atoms with E-state index in [1.807, 2.05) is 0 Å². The van der Waals surface area contributed by atoms with Gasteiger partial charge in [-0.3, -0.25) is 0 Å². The van der Waals surface area contributed by atoms with Crippen LogP contribution in [0.3, 0.4) is 0 Å². The number of para-hydroxylation sites is 3. The molecule has 0 bridgehead atoms. The number of aliphatic hydroxyl groups excluding tert-OH is 1. The second kappa shape index (κ2) is 13.7. The summed E-state index contributed by atoms with van der Waals surface area (Å²) in [6.07, 6.45) is 2.82. The topological polar surface area (TPSA) is 26.7 Å². The third kappa shape index (κ3) is 6.69. The molecule has 3 nitrogen and oxygen atoms in total. The standard InChI is InChI=1S/C40H36N2O/c43-31-11-10-12-32-19-25-38(26-20-32)42(37-17-8-3-9-18-37)40-29-23-34(24-30-40)33-21-27-39(28-22-33)41(35-13-4-1-5-14-35)36-15-6-2-7-16-36/h1-9,13-30,43H,10-12,31H2. The SMILES string of the molecule is OCCCCc1ccc(N(c2ccccc2)c2ccc(-c3ccc(N(c4ccccc4)c4ccccc4)cc3)cc2)cc1. The molecule has 43 heavy (non-hydrogen) atoms. The van der Waals surface area contributed by atoms with Crippen molar-refractivity contribution in [1.82, 2.24) is 0 Å². The average Bonchev–Trinajstić information content (AvgIpc) is 3.08. The fourth-order valence-electron chi connectivity index (χ4n) is 5.48. The molecule has 3 heteroatoms. The number of aliphatic hydroxyl groups is 1. The zero-order valence-electron chi connectivity index (χ0n) is 24.3. The maximum absolute atomic E-state index is 9.12. The van der Waals surface area contributed by atoms with E-state index in [4.69, 9.17) is 5.11 Å². The summed E-state index contributed by atoms with van der Waals surface area (Å²) in [5, 5.41) is 9.12. The fourth-order valence-corrected chi connectivity index (χ4v) is 5.48. The first-order chi connectivity index (χ1) is 21.3. The van der Waals surface area contributed by atoms with E-state index in [9.17, 15) is 0 Å². The van der Waals surface area contributed by atoms with Crippen LogP contribution < -0.4 is 9.80 Å². The van der Waals surface area contributed by atoms with Gasteiger partial charge < -0.3 is 14.9 Å². The summed E-state index contributed by atoms with van der Waals surface area (Å²) in [6.45, 7) is 0.250. The summed E-state index contributed by atoms with van der Waals surface area (Å²) in [7, 11) is 0. The molecule has 0 amide bonds. The van der Waals surface area contributed by atoms with Crippen LogP contribution in [0.1, 0.15) is 18.4 Å². The van der Waals surface area contributed by atoms with E-state index in [0.29, 0.717) is 0 Å². The fraction of sp³-hybridized carbons (Fsp3) is 0.100. The molecular formula is C40H36N2O. The van der Waals surface area contributed by atoms with Crippen LogP contribution >= 0.6 is 0 Å². The van der Waals surface area contributed by atoms with Gasteiger partial charge in [0.25, 0.3) is 0 Å². The smallest absolute Gasteiger partial charge is 0.0462 e. The molecule has 0 fully saturated rings. The molecule has 0 aliphatic rings. The van der Waals surface area contributed by atoms with Crippen LogP contribution in [0.4, 0.5) is 34.1 Å². The van der Waals surface area contributed by atoms with Crippen molar-refractivity contribution in [3.63, 3.8) is 0 Å². The van der Waals surface area contributed by atoms with Crippen LogP contribution in [0.15, 0.2) is 164 Å². The second-order valence-electron chi connectivity index (χ2n) is 10.6. The average molecular weight is 561 g/mol. The number of unbranched alkanes of at least 4 members (excludes halogenated alkanes) is 1. The van der Waals surface area contributed by atoms with Gasteiger partial charge in [-0.05, 0) is 109 Å². The van der Waals surface area contributed by atoms with E-state index in [1.165, 1.54) is 16.7 Å². The third-order valence-corrected chi connectivity index (χ3v) is 7.70. The number of benzene rings is 6. The maximum atomic E-state index is 9.12. The molecule has 6 aromatic rings. The van der Waals surface area contributed by atoms with Gasteiger partial charge in [-0.1, -0.05) is 91.0 Å². The van der Waals surface area contributed by atoms with Gasteiger partial charge >= 0.3 is 0 Å². The first-order valence-electron chi connectivity index (χ1n) is 15.0. The largest absolute Gasteiger partial charge is 0.396 e. The summed E-state index contributed by atoms with van der Waals surface area (Å²) in [5.74, 6) is 0. The first kappa shape index (κ1) is 28.0. The number of aryl methyl sites for hydroxylation is 1. The van der Waals surface area contributed by atoms with Crippen molar-refractivity contribution >= 4 is 34.1 Å². The van der Waals surface area contributed by atoms with Crippen molar-refractivity contribution < 1.29 is 5.11 Å². The quantitative estimate of drug-likeness (QED) is 0.160. The monoisotopic (exact) mass is 560 g/mol. The zero-order valence-corrected chi connectivity index (χ0v) is 24.3. The lowest BCUT2D eigenvalue weighted by Crippen LogP contribution is -2.10. The lowest BCUT2D eigenvalue weighted by Gasteiger charge is -2.26. The second-order valence-corrected chi connectivity index (χ2v) is 10.6. The Morgan fingerprint density at radius 1 is 0.349 bits per heavy atom. The van der Waals surface area contributed by atoms with E-state index in [-0.39, 0.29) is 6.61 Å². The van der Waals surface area contributed by atoms with Crippen molar-refractivity contribution in [2.24, 2.45) is 0 Å². The van der Waals surface area contributed by atoms with Gasteiger partial charge in [0.15, 0.2) is 0 Å². The highest BCUT2D eigenvalue weighted by atomic mass is 16.2. The molecule has 6 aromatic carbocycles. The lowest BCUT2D eigenvalue weighted by molar-refractivity contribution is 0.284. The van der Waals surface area contributed by atoms with Gasteiger partial charge in [0.2, 0.25) is 0 Å². The highest BCUT2D eigenvalue weighted by Crippen LogP contribution is 2.37. The predicted molar refractivity (Wildman–Crippen MR) is 181 cm³/mol. The van der Waals surface area contributed by atoms with E-state index in [0.717, 1.165) is 53.4 Å². The van der Waals surface area contributed by atoms with Gasteiger partial charge in [0, 0.05) is 40.7 Å². The normalized spacial score (nSPS) is 10.8. The van der Waals surface area contributed by atoms with Crippen LogP contribution in [0.2, 0.25) is 0 Å². The lowest BCUT2D eigenvalue weighted by atomic mass is 10.0. The summed E-state index contributed by atoms with van der Waals surface area (Å²) < 4.78 is 0. The molecule has 0 atom stereocenters. The molecule has 0 saturated heterocycles. The van der Waals surface area contributed by atoms with E-state index in [2.05, 4.69) is 174 Å². The van der Waals surface area contributed by atoms with Crippen LogP contribution in [0.25, 0.3) is 11.1 Å². The minimum absolute atomic E-state index is 0.250. The molecule has 6 rings (SSSR count). The van der Waals surface area contributed by atoms with Gasteiger partial charge in [0.1, 0.15) is 0 Å². The Bertz CT molecular complexity index is 1640. The molecular weight excluding hydrogens is 524 g/mol. The highest BCUT2D eigenvalue weighted by molar-refractivity contribution is 5.80. The van der Waals surface area contributed by atoms with E-state index >= 15 is 0 Å². The molecule has 0 saturated carbocycles. The molecule has 0 radical (unpaired) electrons. The number of nitrogens with zero attached hydrogens (tertiary/aromatic N) is 2. The number of hydrogen-bond donors (Lipinski definition) is 1. The Morgan fingerprint density at radius 2 is 0.674 bits per heavy atom. The number of hydrogen-bond acceptors (Lipinski definition) is 3. The van der Waals surface area contributed by atoms with Crippen molar-refractivity contribution in [2.75, 3.05) is 16.4 Å². The molecule has 0 heterocycles. The van der Waals surface area contributed by atoms with Crippen LogP contribution in [0, 0.1) is 0 Å². The van der Waals surface area contributed by atoms with Crippen LogP contribution in [0.5, 0.6) is 0 Å². The zero-order chi connectivity index (χ0) is 29.3. The summed E-state index contributed by atoms with van der Waals surface area (Å²) in [6, 6.07) is 57.9. The van der Waals surface area contributed by atoms with Gasteiger partial charge in [-0.25, -0.2) is 0 Å². The third-order valence-electron chi connectivity index (χ3n) is 7.70. The number of anilines is 6. The molecule has 0 aromatic heterocycles. The van der Waals surface area contributed by atoms with Crippen LogP contribution in [-0.2, 0) is 6.42 Å². The van der Waals surface area contributed by atoms with Crippen molar-refractivity contribution in [2.45, 2.75) is 19.3 Å². The van der Waals surface area contributed by atoms with Gasteiger partial charge in [0.05, 0.1) is 0 Å². The molecule has 212 valence electrons. The van der Waals surface area contributed by atoms with Crippen LogP contribution in [-0.4, -0.2) is 11.7 Å². The Balaban J connectivity index is 1.27. The minimum atomic E-state index is 0.250. The van der Waals surface area contributed by atoms with Crippen molar-refractivity contribution in [3.05, 3.63) is 169 Å². The first-order valence-corrected chi connectivity index (χ1v) is 15.0. The Labute approximate surface area is 254 Å².